The molecule has 1 aromatic carbocycles. The van der Waals surface area contributed by atoms with Crippen molar-refractivity contribution in [2.45, 2.75) is 27.2 Å². The standard InChI is InChI=1S/C13H19N5/c1-4-10(2)8-14-12-6-5-11(3)13(7-12)18-9-15-16-17-18/h5-7,9-10,14H,4,8H2,1-3H3. The first-order valence-corrected chi connectivity index (χ1v) is 6.28. The second kappa shape index (κ2) is 5.62. The highest BCUT2D eigenvalue weighted by Gasteiger charge is 2.05. The zero-order valence-corrected chi connectivity index (χ0v) is 11.1. The minimum absolute atomic E-state index is 0.669. The second-order valence-corrected chi connectivity index (χ2v) is 4.65. The lowest BCUT2D eigenvalue weighted by Crippen LogP contribution is -2.10. The Balaban J connectivity index is 2.17. The Kier molecular flexibility index (Phi) is 3.92. The van der Waals surface area contributed by atoms with Crippen LogP contribution in [0.1, 0.15) is 25.8 Å². The Bertz CT molecular complexity index is 492. The first-order valence-electron chi connectivity index (χ1n) is 6.28. The number of nitrogens with one attached hydrogen (secondary N) is 1. The van der Waals surface area contributed by atoms with Gasteiger partial charge in [0.1, 0.15) is 6.33 Å². The van der Waals surface area contributed by atoms with Crippen LogP contribution < -0.4 is 5.32 Å². The Morgan fingerprint density at radius 1 is 1.39 bits per heavy atom. The van der Waals surface area contributed by atoms with Crippen molar-refractivity contribution in [3.8, 4) is 5.69 Å². The number of hydrogen-bond acceptors (Lipinski definition) is 4. The first kappa shape index (κ1) is 12.5. The second-order valence-electron chi connectivity index (χ2n) is 4.65. The maximum atomic E-state index is 3.93. The van der Waals surface area contributed by atoms with Crippen molar-refractivity contribution >= 4 is 5.69 Å². The molecule has 0 bridgehead atoms. The van der Waals surface area contributed by atoms with Crippen LogP contribution in [0.15, 0.2) is 24.5 Å². The van der Waals surface area contributed by atoms with Crippen molar-refractivity contribution in [2.75, 3.05) is 11.9 Å². The Labute approximate surface area is 107 Å². The highest BCUT2D eigenvalue weighted by atomic mass is 15.5. The van der Waals surface area contributed by atoms with Crippen molar-refractivity contribution in [1.29, 1.82) is 0 Å². The lowest BCUT2D eigenvalue weighted by Gasteiger charge is -2.13. The van der Waals surface area contributed by atoms with E-state index in [-0.39, 0.29) is 0 Å². The molecule has 5 heteroatoms. The van der Waals surface area contributed by atoms with E-state index >= 15 is 0 Å². The molecule has 1 unspecified atom stereocenters. The van der Waals surface area contributed by atoms with Crippen LogP contribution in [-0.2, 0) is 0 Å². The van der Waals surface area contributed by atoms with Crippen molar-refractivity contribution in [3.63, 3.8) is 0 Å². The van der Waals surface area contributed by atoms with E-state index in [1.807, 2.05) is 0 Å². The molecule has 0 aliphatic carbocycles. The fourth-order valence-electron chi connectivity index (χ4n) is 1.67. The summed E-state index contributed by atoms with van der Waals surface area (Å²) in [7, 11) is 0. The van der Waals surface area contributed by atoms with E-state index in [0.29, 0.717) is 5.92 Å². The molecule has 2 rings (SSSR count). The van der Waals surface area contributed by atoms with Gasteiger partial charge in [0.15, 0.2) is 0 Å². The third kappa shape index (κ3) is 2.85. The number of hydrogen-bond donors (Lipinski definition) is 1. The average molecular weight is 245 g/mol. The van der Waals surface area contributed by atoms with Crippen LogP contribution in [0, 0.1) is 12.8 Å². The molecule has 2 aromatic rings. The normalized spacial score (nSPS) is 12.4. The predicted octanol–water partition coefficient (Wildman–Crippen LogP) is 2.43. The highest BCUT2D eigenvalue weighted by molar-refractivity contribution is 5.54. The van der Waals surface area contributed by atoms with Gasteiger partial charge in [-0.2, -0.15) is 0 Å². The molecule has 96 valence electrons. The summed E-state index contributed by atoms with van der Waals surface area (Å²) in [5, 5.41) is 14.7. The molecular formula is C13H19N5. The molecule has 1 heterocycles. The van der Waals surface area contributed by atoms with Gasteiger partial charge < -0.3 is 5.32 Å². The van der Waals surface area contributed by atoms with Gasteiger partial charge >= 0.3 is 0 Å². The average Bonchev–Trinajstić information content (AvgIpc) is 2.91. The van der Waals surface area contributed by atoms with E-state index in [1.54, 1.807) is 11.0 Å². The van der Waals surface area contributed by atoms with Crippen molar-refractivity contribution in [1.82, 2.24) is 20.2 Å². The third-order valence-corrected chi connectivity index (χ3v) is 3.16. The van der Waals surface area contributed by atoms with E-state index in [2.05, 4.69) is 59.8 Å². The molecule has 0 aliphatic heterocycles. The van der Waals surface area contributed by atoms with Gasteiger partial charge in [-0.1, -0.05) is 26.3 Å². The molecule has 0 saturated heterocycles. The van der Waals surface area contributed by atoms with Gasteiger partial charge in [0, 0.05) is 12.2 Å². The van der Waals surface area contributed by atoms with Gasteiger partial charge in [0.25, 0.3) is 0 Å². The summed E-state index contributed by atoms with van der Waals surface area (Å²) in [6.07, 6.45) is 2.79. The molecule has 0 radical (unpaired) electrons. The van der Waals surface area contributed by atoms with E-state index in [4.69, 9.17) is 0 Å². The zero-order chi connectivity index (χ0) is 13.0. The molecule has 0 saturated carbocycles. The molecule has 1 N–H and O–H groups in total. The largest absolute Gasteiger partial charge is 0.385 e. The van der Waals surface area contributed by atoms with Gasteiger partial charge in [0.2, 0.25) is 0 Å². The molecule has 5 nitrogen and oxygen atoms in total. The molecule has 18 heavy (non-hydrogen) atoms. The van der Waals surface area contributed by atoms with Crippen LogP contribution in [0.3, 0.4) is 0 Å². The number of tetrazole rings is 1. The summed E-state index contributed by atoms with van der Waals surface area (Å²) in [4.78, 5) is 0. The van der Waals surface area contributed by atoms with E-state index in [9.17, 15) is 0 Å². The Morgan fingerprint density at radius 3 is 2.89 bits per heavy atom. The quantitative estimate of drug-likeness (QED) is 0.879. The third-order valence-electron chi connectivity index (χ3n) is 3.16. The Hall–Kier alpha value is -1.91. The van der Waals surface area contributed by atoms with Crippen molar-refractivity contribution in [2.24, 2.45) is 5.92 Å². The minimum Gasteiger partial charge on any atom is -0.385 e. The summed E-state index contributed by atoms with van der Waals surface area (Å²) in [5.41, 5.74) is 3.26. The summed E-state index contributed by atoms with van der Waals surface area (Å²) >= 11 is 0. The number of aryl methyl sites for hydroxylation is 1. The molecule has 0 aliphatic rings. The summed E-state index contributed by atoms with van der Waals surface area (Å²) in [6.45, 7) is 7.47. The molecule has 0 spiro atoms. The summed E-state index contributed by atoms with van der Waals surface area (Å²) in [6, 6.07) is 6.25. The Morgan fingerprint density at radius 2 is 2.22 bits per heavy atom. The highest BCUT2D eigenvalue weighted by Crippen LogP contribution is 2.18. The van der Waals surface area contributed by atoms with Gasteiger partial charge in [0.05, 0.1) is 5.69 Å². The van der Waals surface area contributed by atoms with Crippen LogP contribution >= 0.6 is 0 Å². The van der Waals surface area contributed by atoms with Crippen LogP contribution in [0.25, 0.3) is 5.69 Å². The van der Waals surface area contributed by atoms with Crippen LogP contribution in [0.2, 0.25) is 0 Å². The number of rotatable bonds is 5. The molecule has 0 amide bonds. The summed E-state index contributed by atoms with van der Waals surface area (Å²) < 4.78 is 1.68. The lowest BCUT2D eigenvalue weighted by atomic mass is 10.1. The van der Waals surface area contributed by atoms with E-state index in [1.165, 1.54) is 6.42 Å². The fourth-order valence-corrected chi connectivity index (χ4v) is 1.67. The first-order chi connectivity index (χ1) is 8.70. The molecular weight excluding hydrogens is 226 g/mol. The van der Waals surface area contributed by atoms with Crippen molar-refractivity contribution in [3.05, 3.63) is 30.1 Å². The lowest BCUT2D eigenvalue weighted by molar-refractivity contribution is 0.593. The maximum absolute atomic E-state index is 3.93. The topological polar surface area (TPSA) is 55.6 Å². The van der Waals surface area contributed by atoms with Gasteiger partial charge in [-0.3, -0.25) is 0 Å². The van der Waals surface area contributed by atoms with Crippen LogP contribution in [-0.4, -0.2) is 26.8 Å². The number of nitrogens with zero attached hydrogens (tertiary/aromatic N) is 4. The van der Waals surface area contributed by atoms with E-state index in [0.717, 1.165) is 23.5 Å². The van der Waals surface area contributed by atoms with E-state index < -0.39 is 0 Å². The van der Waals surface area contributed by atoms with Gasteiger partial charge in [-0.15, -0.1) is 5.10 Å². The zero-order valence-electron chi connectivity index (χ0n) is 11.1. The number of anilines is 1. The van der Waals surface area contributed by atoms with Crippen molar-refractivity contribution < 1.29 is 0 Å². The van der Waals surface area contributed by atoms with Crippen LogP contribution in [0.5, 0.6) is 0 Å². The minimum atomic E-state index is 0.669. The smallest absolute Gasteiger partial charge is 0.143 e. The predicted molar refractivity (Wildman–Crippen MR) is 71.8 cm³/mol. The summed E-state index contributed by atoms with van der Waals surface area (Å²) in [5.74, 6) is 0.669. The van der Waals surface area contributed by atoms with Gasteiger partial charge in [-0.05, 0) is 41.0 Å². The van der Waals surface area contributed by atoms with Crippen LogP contribution in [0.4, 0.5) is 5.69 Å². The van der Waals surface area contributed by atoms with Gasteiger partial charge in [-0.25, -0.2) is 4.68 Å². The SMILES string of the molecule is CCC(C)CNc1ccc(C)c(-n2cnnn2)c1. The monoisotopic (exact) mass is 245 g/mol. The fraction of sp³-hybridized carbons (Fsp3) is 0.462. The molecule has 0 fully saturated rings. The number of aromatic nitrogens is 4. The molecule has 1 aromatic heterocycles. The maximum Gasteiger partial charge on any atom is 0.143 e. The molecule has 1 atom stereocenters. The number of benzene rings is 1.